The minimum absolute atomic E-state index is 0. The van der Waals surface area contributed by atoms with E-state index in [2.05, 4.69) is 11.9 Å². The van der Waals surface area contributed by atoms with E-state index in [9.17, 15) is 18.1 Å². The van der Waals surface area contributed by atoms with E-state index in [1.54, 1.807) is 0 Å². The molecule has 6 nitrogen and oxygen atoms in total. The molecule has 0 aliphatic heterocycles. The zero-order valence-corrected chi connectivity index (χ0v) is 24.5. The van der Waals surface area contributed by atoms with E-state index < -0.39 is 16.0 Å². The molecule has 0 spiro atoms. The normalized spacial score (nSPS) is 11.9. The SMILES string of the molecule is CCCCCCCCCCCCCCCCCCOc1ccc(S(=O)(=O)O)cc1N=C(C)[O-].[Na+]. The Balaban J connectivity index is 0.0000109. The Kier molecular flexibility index (Phi) is 20.2. The second-order valence-corrected chi connectivity index (χ2v) is 10.3. The molecule has 0 fully saturated rings. The first-order valence-electron chi connectivity index (χ1n) is 12.8. The van der Waals surface area contributed by atoms with Gasteiger partial charge in [-0.25, -0.2) is 0 Å². The van der Waals surface area contributed by atoms with Crippen LogP contribution in [0.15, 0.2) is 28.1 Å². The zero-order valence-electron chi connectivity index (χ0n) is 21.7. The molecular formula is C26H44NNaO5S. The summed E-state index contributed by atoms with van der Waals surface area (Å²) in [6.07, 6.45) is 20.8. The summed E-state index contributed by atoms with van der Waals surface area (Å²) in [7, 11) is -4.36. The maximum atomic E-state index is 11.3. The van der Waals surface area contributed by atoms with Crippen molar-refractivity contribution in [2.24, 2.45) is 4.99 Å². The quantitative estimate of drug-likeness (QED) is 0.0950. The van der Waals surface area contributed by atoms with Crippen LogP contribution in [0.1, 0.15) is 117 Å². The van der Waals surface area contributed by atoms with E-state index in [4.69, 9.17) is 4.74 Å². The van der Waals surface area contributed by atoms with E-state index in [-0.39, 0.29) is 40.1 Å². The van der Waals surface area contributed by atoms with Crippen molar-refractivity contribution in [3.63, 3.8) is 0 Å². The molecule has 0 aliphatic rings. The summed E-state index contributed by atoms with van der Waals surface area (Å²) in [6.45, 7) is 4.02. The van der Waals surface area contributed by atoms with Gasteiger partial charge in [-0.1, -0.05) is 103 Å². The standard InChI is InChI=1S/C26H45NO5S.Na/c1-3-4-5-6-7-8-9-10-11-12-13-14-15-16-17-18-21-32-26-20-19-24(33(29,30)31)22-25(26)27-23(2)28;/h19-20,22H,3-18,21H2,1-2H3,(H,27,28)(H,29,30,31);/q;+1/p-1. The summed E-state index contributed by atoms with van der Waals surface area (Å²) in [4.78, 5) is 3.48. The van der Waals surface area contributed by atoms with Crippen molar-refractivity contribution in [2.45, 2.75) is 121 Å². The van der Waals surface area contributed by atoms with Gasteiger partial charge in [0, 0.05) is 0 Å². The molecule has 1 rings (SSSR count). The molecule has 0 atom stereocenters. The van der Waals surface area contributed by atoms with Gasteiger partial charge in [-0.15, -0.1) is 0 Å². The summed E-state index contributed by atoms with van der Waals surface area (Å²) in [5.41, 5.74) is 0.120. The van der Waals surface area contributed by atoms with Crippen molar-refractivity contribution >= 4 is 21.7 Å². The fourth-order valence-corrected chi connectivity index (χ4v) is 4.37. The predicted molar refractivity (Wildman–Crippen MR) is 134 cm³/mol. The maximum Gasteiger partial charge on any atom is 1.00 e. The van der Waals surface area contributed by atoms with Crippen LogP contribution in [0.2, 0.25) is 0 Å². The fraction of sp³-hybridized carbons (Fsp3) is 0.731. The minimum atomic E-state index is -4.36. The van der Waals surface area contributed by atoms with E-state index in [1.165, 1.54) is 109 Å². The molecule has 190 valence electrons. The van der Waals surface area contributed by atoms with Crippen LogP contribution < -0.4 is 39.4 Å². The van der Waals surface area contributed by atoms with E-state index in [0.29, 0.717) is 12.4 Å². The summed E-state index contributed by atoms with van der Waals surface area (Å²) in [6, 6.07) is 3.83. The van der Waals surface area contributed by atoms with Gasteiger partial charge in [0.1, 0.15) is 11.4 Å². The molecule has 0 amide bonds. The van der Waals surface area contributed by atoms with Crippen LogP contribution in [-0.4, -0.2) is 25.5 Å². The smallest absolute Gasteiger partial charge is 0.862 e. The van der Waals surface area contributed by atoms with Gasteiger partial charge in [0.05, 0.1) is 11.5 Å². The fourth-order valence-electron chi connectivity index (χ4n) is 3.87. The summed E-state index contributed by atoms with van der Waals surface area (Å²) >= 11 is 0. The van der Waals surface area contributed by atoms with Crippen LogP contribution in [-0.2, 0) is 10.1 Å². The number of benzene rings is 1. The van der Waals surface area contributed by atoms with Gasteiger partial charge in [-0.3, -0.25) is 9.55 Å². The topological polar surface area (TPSA) is 99.0 Å². The van der Waals surface area contributed by atoms with Crippen LogP contribution in [0.4, 0.5) is 5.69 Å². The molecule has 1 aromatic rings. The molecule has 0 saturated heterocycles. The van der Waals surface area contributed by atoms with E-state index in [0.717, 1.165) is 18.9 Å². The Morgan fingerprint density at radius 1 is 0.853 bits per heavy atom. The Hall–Kier alpha value is -0.600. The van der Waals surface area contributed by atoms with Crippen LogP contribution in [0.5, 0.6) is 5.75 Å². The second kappa shape index (κ2) is 20.6. The first-order valence-corrected chi connectivity index (χ1v) is 14.2. The number of hydrogen-bond acceptors (Lipinski definition) is 5. The third-order valence-electron chi connectivity index (χ3n) is 5.76. The maximum absolute atomic E-state index is 11.3. The molecule has 0 unspecified atom stereocenters. The molecular weight excluding hydrogens is 461 g/mol. The first-order chi connectivity index (χ1) is 15.8. The predicted octanol–water partition coefficient (Wildman–Crippen LogP) is 3.99. The van der Waals surface area contributed by atoms with Crippen molar-refractivity contribution < 1.29 is 52.4 Å². The summed E-state index contributed by atoms with van der Waals surface area (Å²) in [5, 5.41) is 11.3. The molecule has 0 aliphatic carbocycles. The van der Waals surface area contributed by atoms with E-state index >= 15 is 0 Å². The number of rotatable bonds is 20. The number of hydrogen-bond donors (Lipinski definition) is 1. The van der Waals surface area contributed by atoms with Crippen LogP contribution in [0.3, 0.4) is 0 Å². The van der Waals surface area contributed by atoms with Crippen molar-refractivity contribution in [3.8, 4) is 5.75 Å². The number of ether oxygens (including phenoxy) is 1. The Labute approximate surface area is 230 Å². The van der Waals surface area contributed by atoms with Crippen molar-refractivity contribution in [1.29, 1.82) is 0 Å². The summed E-state index contributed by atoms with van der Waals surface area (Å²) < 4.78 is 37.5. The van der Waals surface area contributed by atoms with Gasteiger partial charge in [0.25, 0.3) is 10.1 Å². The van der Waals surface area contributed by atoms with Crippen molar-refractivity contribution in [1.82, 2.24) is 0 Å². The molecule has 0 bridgehead atoms. The Morgan fingerprint density at radius 2 is 1.29 bits per heavy atom. The van der Waals surface area contributed by atoms with E-state index in [1.807, 2.05) is 0 Å². The largest absolute Gasteiger partial charge is 1.00 e. The van der Waals surface area contributed by atoms with Gasteiger partial charge in [-0.05, 0) is 37.4 Å². The number of nitrogens with zero attached hydrogens (tertiary/aromatic N) is 1. The monoisotopic (exact) mass is 505 g/mol. The average Bonchev–Trinajstić information content (AvgIpc) is 2.75. The molecule has 0 aromatic heterocycles. The van der Waals surface area contributed by atoms with Crippen molar-refractivity contribution in [2.75, 3.05) is 6.61 Å². The van der Waals surface area contributed by atoms with Gasteiger partial charge in [0.2, 0.25) is 0 Å². The number of unbranched alkanes of at least 4 members (excludes halogenated alkanes) is 15. The molecule has 0 radical (unpaired) electrons. The van der Waals surface area contributed by atoms with Crippen LogP contribution in [0.25, 0.3) is 0 Å². The average molecular weight is 506 g/mol. The second-order valence-electron chi connectivity index (χ2n) is 8.89. The Morgan fingerprint density at radius 3 is 1.71 bits per heavy atom. The van der Waals surface area contributed by atoms with Gasteiger partial charge < -0.3 is 9.84 Å². The molecule has 1 N–H and O–H groups in total. The molecule has 0 saturated carbocycles. The Bertz CT molecular complexity index is 779. The molecule has 1 aromatic carbocycles. The molecule has 34 heavy (non-hydrogen) atoms. The number of aliphatic imine (C=N–C) groups is 1. The molecule has 8 heteroatoms. The third-order valence-corrected chi connectivity index (χ3v) is 6.61. The van der Waals surface area contributed by atoms with Gasteiger partial charge in [0.15, 0.2) is 0 Å². The van der Waals surface area contributed by atoms with Gasteiger partial charge in [-0.2, -0.15) is 8.42 Å². The van der Waals surface area contributed by atoms with Crippen LogP contribution in [0, 0.1) is 0 Å². The van der Waals surface area contributed by atoms with Crippen LogP contribution >= 0.6 is 0 Å². The first kappa shape index (κ1) is 33.4. The third kappa shape index (κ3) is 16.9. The minimum Gasteiger partial charge on any atom is -0.862 e. The van der Waals surface area contributed by atoms with Crippen molar-refractivity contribution in [3.05, 3.63) is 18.2 Å². The van der Waals surface area contributed by atoms with Gasteiger partial charge >= 0.3 is 29.6 Å². The zero-order chi connectivity index (χ0) is 24.4. The molecule has 0 heterocycles. The summed E-state index contributed by atoms with van der Waals surface area (Å²) in [5.74, 6) is -0.117.